The molecule has 0 bridgehead atoms. The molecule has 1 unspecified atom stereocenters. The molecule has 1 heterocycles. The number of benzene rings is 1. The van der Waals surface area contributed by atoms with Gasteiger partial charge in [0.1, 0.15) is 0 Å². The van der Waals surface area contributed by atoms with E-state index in [1.807, 2.05) is 19.1 Å². The number of hydrogen-bond acceptors (Lipinski definition) is 2. The molecule has 1 aromatic rings. The van der Waals surface area contributed by atoms with Crippen molar-refractivity contribution in [3.05, 3.63) is 33.8 Å². The van der Waals surface area contributed by atoms with Gasteiger partial charge in [0, 0.05) is 23.5 Å². The van der Waals surface area contributed by atoms with Crippen molar-refractivity contribution in [3.63, 3.8) is 0 Å². The van der Waals surface area contributed by atoms with Crippen molar-refractivity contribution in [1.29, 1.82) is 0 Å². The monoisotopic (exact) mass is 310 g/mol. The lowest BCUT2D eigenvalue weighted by Gasteiger charge is -2.12. The van der Waals surface area contributed by atoms with E-state index in [0.717, 1.165) is 16.5 Å². The van der Waals surface area contributed by atoms with E-state index in [2.05, 4.69) is 26.6 Å². The van der Waals surface area contributed by atoms with Crippen LogP contribution >= 0.6 is 15.9 Å². The second-order valence-corrected chi connectivity index (χ2v) is 5.24. The second kappa shape index (κ2) is 5.52. The lowest BCUT2D eigenvalue weighted by atomic mass is 10.1. The van der Waals surface area contributed by atoms with Crippen molar-refractivity contribution >= 4 is 27.7 Å². The molecule has 0 radical (unpaired) electrons. The van der Waals surface area contributed by atoms with E-state index in [0.29, 0.717) is 18.5 Å². The number of hydrogen-bond donors (Lipinski definition) is 2. The second-order valence-electron chi connectivity index (χ2n) is 4.45. The summed E-state index contributed by atoms with van der Waals surface area (Å²) in [6, 6.07) is 5.63. The third kappa shape index (κ3) is 2.90. The minimum atomic E-state index is -0.119. The molecule has 1 aromatic carbocycles. The maximum atomic E-state index is 12.0. The lowest BCUT2D eigenvalue weighted by molar-refractivity contribution is -0.119. The van der Waals surface area contributed by atoms with Crippen LogP contribution in [0.1, 0.15) is 28.8 Å². The lowest BCUT2D eigenvalue weighted by Crippen LogP contribution is -2.38. The Morgan fingerprint density at radius 3 is 3.00 bits per heavy atom. The zero-order chi connectivity index (χ0) is 13.1. The van der Waals surface area contributed by atoms with Crippen LogP contribution in [-0.2, 0) is 4.79 Å². The SMILES string of the molecule is Cc1cccc(C(=O)NCC2CCC(=O)N2)c1Br. The van der Waals surface area contributed by atoms with Gasteiger partial charge in [-0.1, -0.05) is 12.1 Å². The number of halogens is 1. The summed E-state index contributed by atoms with van der Waals surface area (Å²) in [6.45, 7) is 2.42. The summed E-state index contributed by atoms with van der Waals surface area (Å²) in [5.74, 6) is -0.0577. The largest absolute Gasteiger partial charge is 0.352 e. The molecule has 5 heteroatoms. The van der Waals surface area contributed by atoms with Crippen LogP contribution in [-0.4, -0.2) is 24.4 Å². The Bertz CT molecular complexity index is 488. The highest BCUT2D eigenvalue weighted by molar-refractivity contribution is 9.10. The molecule has 96 valence electrons. The summed E-state index contributed by atoms with van der Waals surface area (Å²) >= 11 is 3.41. The quantitative estimate of drug-likeness (QED) is 0.894. The van der Waals surface area contributed by atoms with Crippen molar-refractivity contribution in [2.45, 2.75) is 25.8 Å². The molecular weight excluding hydrogens is 296 g/mol. The number of carbonyl (C=O) groups is 2. The molecule has 1 fully saturated rings. The summed E-state index contributed by atoms with van der Waals surface area (Å²) < 4.78 is 0.818. The van der Waals surface area contributed by atoms with Crippen molar-refractivity contribution in [3.8, 4) is 0 Å². The normalized spacial score (nSPS) is 18.6. The van der Waals surface area contributed by atoms with Crippen molar-refractivity contribution < 1.29 is 9.59 Å². The Labute approximate surface area is 114 Å². The van der Waals surface area contributed by atoms with E-state index in [4.69, 9.17) is 0 Å². The van der Waals surface area contributed by atoms with Gasteiger partial charge in [-0.2, -0.15) is 0 Å². The fraction of sp³-hybridized carbons (Fsp3) is 0.385. The van der Waals surface area contributed by atoms with Gasteiger partial charge in [-0.3, -0.25) is 9.59 Å². The van der Waals surface area contributed by atoms with Gasteiger partial charge in [0.2, 0.25) is 5.91 Å². The van der Waals surface area contributed by atoms with Crippen LogP contribution in [0.4, 0.5) is 0 Å². The Hall–Kier alpha value is -1.36. The fourth-order valence-corrected chi connectivity index (χ4v) is 2.41. The Kier molecular flexibility index (Phi) is 4.01. The Morgan fingerprint density at radius 2 is 2.33 bits per heavy atom. The van der Waals surface area contributed by atoms with Crippen LogP contribution in [0.25, 0.3) is 0 Å². The predicted molar refractivity (Wildman–Crippen MR) is 72.4 cm³/mol. The molecule has 1 aliphatic rings. The van der Waals surface area contributed by atoms with E-state index in [9.17, 15) is 9.59 Å². The molecule has 2 rings (SSSR count). The first kappa shape index (κ1) is 13.1. The maximum Gasteiger partial charge on any atom is 0.252 e. The third-order valence-electron chi connectivity index (χ3n) is 3.03. The molecule has 1 saturated heterocycles. The molecule has 2 amide bonds. The van der Waals surface area contributed by atoms with Crippen LogP contribution in [0.3, 0.4) is 0 Å². The van der Waals surface area contributed by atoms with Gasteiger partial charge in [0.15, 0.2) is 0 Å². The Morgan fingerprint density at radius 1 is 1.56 bits per heavy atom. The first-order valence-corrected chi connectivity index (χ1v) is 6.70. The number of nitrogens with one attached hydrogen (secondary N) is 2. The van der Waals surface area contributed by atoms with Crippen LogP contribution in [0.5, 0.6) is 0 Å². The van der Waals surface area contributed by atoms with E-state index in [1.54, 1.807) is 6.07 Å². The van der Waals surface area contributed by atoms with Gasteiger partial charge < -0.3 is 10.6 Å². The molecule has 0 aromatic heterocycles. The minimum Gasteiger partial charge on any atom is -0.352 e. The topological polar surface area (TPSA) is 58.2 Å². The third-order valence-corrected chi connectivity index (χ3v) is 4.08. The van der Waals surface area contributed by atoms with Crippen LogP contribution < -0.4 is 10.6 Å². The number of carbonyl (C=O) groups excluding carboxylic acids is 2. The Balaban J connectivity index is 1.95. The summed E-state index contributed by atoms with van der Waals surface area (Å²) in [5.41, 5.74) is 1.65. The molecule has 1 aliphatic heterocycles. The highest BCUT2D eigenvalue weighted by Crippen LogP contribution is 2.20. The average molecular weight is 311 g/mol. The molecule has 18 heavy (non-hydrogen) atoms. The fourth-order valence-electron chi connectivity index (χ4n) is 1.96. The molecule has 0 aliphatic carbocycles. The molecule has 2 N–H and O–H groups in total. The van der Waals surface area contributed by atoms with Crippen LogP contribution in [0.15, 0.2) is 22.7 Å². The molecule has 4 nitrogen and oxygen atoms in total. The average Bonchev–Trinajstić information content (AvgIpc) is 2.76. The standard InChI is InChI=1S/C13H15BrN2O2/c1-8-3-2-4-10(12(8)14)13(18)15-7-9-5-6-11(17)16-9/h2-4,9H,5-7H2,1H3,(H,15,18)(H,16,17). The van der Waals surface area contributed by atoms with Gasteiger partial charge in [0.25, 0.3) is 5.91 Å². The highest BCUT2D eigenvalue weighted by Gasteiger charge is 2.21. The van der Waals surface area contributed by atoms with Crippen LogP contribution in [0.2, 0.25) is 0 Å². The van der Waals surface area contributed by atoms with Gasteiger partial charge in [-0.15, -0.1) is 0 Å². The number of rotatable bonds is 3. The van der Waals surface area contributed by atoms with E-state index in [-0.39, 0.29) is 17.9 Å². The smallest absolute Gasteiger partial charge is 0.252 e. The van der Waals surface area contributed by atoms with Crippen LogP contribution in [0, 0.1) is 6.92 Å². The predicted octanol–water partition coefficient (Wildman–Crippen LogP) is 1.77. The zero-order valence-electron chi connectivity index (χ0n) is 10.1. The molecule has 0 spiro atoms. The van der Waals surface area contributed by atoms with E-state index in [1.165, 1.54) is 0 Å². The number of aryl methyl sites for hydroxylation is 1. The molecule has 0 saturated carbocycles. The maximum absolute atomic E-state index is 12.0. The van der Waals surface area contributed by atoms with Crippen molar-refractivity contribution in [2.24, 2.45) is 0 Å². The molecular formula is C13H15BrN2O2. The first-order valence-electron chi connectivity index (χ1n) is 5.90. The molecule has 1 atom stereocenters. The summed E-state index contributed by atoms with van der Waals surface area (Å²) in [5, 5.41) is 5.67. The first-order chi connectivity index (χ1) is 8.58. The van der Waals surface area contributed by atoms with Gasteiger partial charge >= 0.3 is 0 Å². The minimum absolute atomic E-state index is 0.0602. The number of amides is 2. The van der Waals surface area contributed by atoms with E-state index >= 15 is 0 Å². The summed E-state index contributed by atoms with van der Waals surface area (Å²) in [6.07, 6.45) is 1.34. The summed E-state index contributed by atoms with van der Waals surface area (Å²) in [7, 11) is 0. The van der Waals surface area contributed by atoms with Gasteiger partial charge in [0.05, 0.1) is 5.56 Å². The summed E-state index contributed by atoms with van der Waals surface area (Å²) in [4.78, 5) is 23.0. The highest BCUT2D eigenvalue weighted by atomic mass is 79.9. The van der Waals surface area contributed by atoms with E-state index < -0.39 is 0 Å². The van der Waals surface area contributed by atoms with Crippen molar-refractivity contribution in [1.82, 2.24) is 10.6 Å². The van der Waals surface area contributed by atoms with Gasteiger partial charge in [-0.05, 0) is 40.9 Å². The van der Waals surface area contributed by atoms with Crippen molar-refractivity contribution in [2.75, 3.05) is 6.54 Å². The zero-order valence-corrected chi connectivity index (χ0v) is 11.7. The van der Waals surface area contributed by atoms with Gasteiger partial charge in [-0.25, -0.2) is 0 Å².